The van der Waals surface area contributed by atoms with Crippen molar-refractivity contribution in [3.05, 3.63) is 0 Å². The first kappa shape index (κ1) is 11.8. The summed E-state index contributed by atoms with van der Waals surface area (Å²) in [6, 6.07) is 0. The predicted octanol–water partition coefficient (Wildman–Crippen LogP) is 0.943. The van der Waals surface area contributed by atoms with E-state index in [-0.39, 0.29) is 12.0 Å². The highest BCUT2D eigenvalue weighted by Gasteiger charge is 2.48. The topological polar surface area (TPSA) is 49.9 Å². The maximum atomic E-state index is 12.3. The molecule has 3 rings (SSSR count). The van der Waals surface area contributed by atoms with Gasteiger partial charge in [-0.15, -0.1) is 0 Å². The molecule has 0 bridgehead atoms. The Labute approximate surface area is 107 Å². The van der Waals surface area contributed by atoms with Crippen LogP contribution in [-0.4, -0.2) is 55.1 Å². The van der Waals surface area contributed by atoms with Gasteiger partial charge < -0.3 is 14.5 Å². The van der Waals surface area contributed by atoms with Crippen molar-refractivity contribution < 1.29 is 14.3 Å². The van der Waals surface area contributed by atoms with Gasteiger partial charge >= 0.3 is 6.09 Å². The Kier molecular flexibility index (Phi) is 2.92. The average Bonchev–Trinajstić information content (AvgIpc) is 3.03. The fraction of sp³-hybridized carbons (Fsp3) is 0.846. The van der Waals surface area contributed by atoms with Crippen molar-refractivity contribution in [3.63, 3.8) is 0 Å². The molecule has 1 aliphatic heterocycles. The highest BCUT2D eigenvalue weighted by Crippen LogP contribution is 2.54. The zero-order valence-corrected chi connectivity index (χ0v) is 10.8. The van der Waals surface area contributed by atoms with Gasteiger partial charge in [-0.05, 0) is 31.1 Å². The number of carbonyl (C=O) groups is 2. The lowest BCUT2D eigenvalue weighted by atomic mass is 10.0. The maximum absolute atomic E-state index is 12.3. The van der Waals surface area contributed by atoms with Crippen molar-refractivity contribution in [2.45, 2.75) is 19.3 Å². The first-order valence-electron chi connectivity index (χ1n) is 6.80. The van der Waals surface area contributed by atoms with Crippen molar-refractivity contribution in [2.24, 2.45) is 17.8 Å². The summed E-state index contributed by atoms with van der Waals surface area (Å²) in [5.41, 5.74) is 0. The molecular weight excluding hydrogens is 232 g/mol. The molecule has 1 saturated heterocycles. The molecule has 1 heterocycles. The molecule has 0 aromatic rings. The fourth-order valence-corrected chi connectivity index (χ4v) is 3.41. The molecule has 2 amide bonds. The van der Waals surface area contributed by atoms with Crippen molar-refractivity contribution >= 4 is 12.0 Å². The van der Waals surface area contributed by atoms with Crippen LogP contribution in [0.15, 0.2) is 0 Å². The summed E-state index contributed by atoms with van der Waals surface area (Å²) in [5.74, 6) is 2.26. The number of methoxy groups -OCH3 is 1. The summed E-state index contributed by atoms with van der Waals surface area (Å²) >= 11 is 0. The molecule has 2 saturated carbocycles. The monoisotopic (exact) mass is 252 g/mol. The Balaban J connectivity index is 1.50. The molecule has 5 heteroatoms. The van der Waals surface area contributed by atoms with Gasteiger partial charge in [-0.25, -0.2) is 4.79 Å². The molecule has 0 N–H and O–H groups in total. The Morgan fingerprint density at radius 1 is 0.944 bits per heavy atom. The molecule has 2 aliphatic carbocycles. The summed E-state index contributed by atoms with van der Waals surface area (Å²) in [6.45, 7) is 2.50. The van der Waals surface area contributed by atoms with E-state index in [2.05, 4.69) is 4.74 Å². The van der Waals surface area contributed by atoms with Gasteiger partial charge in [0.2, 0.25) is 5.91 Å². The predicted molar refractivity (Wildman–Crippen MR) is 64.9 cm³/mol. The smallest absolute Gasteiger partial charge is 0.409 e. The van der Waals surface area contributed by atoms with Gasteiger partial charge in [0.1, 0.15) is 0 Å². The number of rotatable bonds is 1. The third kappa shape index (κ3) is 2.06. The number of piperazine rings is 1. The molecule has 2 atom stereocenters. The van der Waals surface area contributed by atoms with Crippen LogP contribution in [0.1, 0.15) is 19.3 Å². The first-order valence-corrected chi connectivity index (χ1v) is 6.80. The second-order valence-electron chi connectivity index (χ2n) is 5.71. The minimum Gasteiger partial charge on any atom is -0.453 e. The number of hydrogen-bond donors (Lipinski definition) is 0. The number of ether oxygens (including phenoxy) is 1. The summed E-state index contributed by atoms with van der Waals surface area (Å²) in [6.07, 6.45) is 3.26. The van der Waals surface area contributed by atoms with Gasteiger partial charge in [-0.1, -0.05) is 0 Å². The number of nitrogens with zero attached hydrogens (tertiary/aromatic N) is 2. The molecule has 0 aromatic carbocycles. The third-order valence-electron chi connectivity index (χ3n) is 4.62. The highest BCUT2D eigenvalue weighted by atomic mass is 16.5. The molecule has 18 heavy (non-hydrogen) atoms. The largest absolute Gasteiger partial charge is 0.453 e. The van der Waals surface area contributed by atoms with Crippen LogP contribution in [0.25, 0.3) is 0 Å². The van der Waals surface area contributed by atoms with Crippen LogP contribution in [-0.2, 0) is 9.53 Å². The van der Waals surface area contributed by atoms with E-state index in [0.717, 1.165) is 24.7 Å². The lowest BCUT2D eigenvalue weighted by Gasteiger charge is -2.35. The van der Waals surface area contributed by atoms with E-state index < -0.39 is 0 Å². The van der Waals surface area contributed by atoms with Gasteiger partial charge in [0.15, 0.2) is 0 Å². The van der Waals surface area contributed by atoms with Crippen LogP contribution < -0.4 is 0 Å². The zero-order valence-electron chi connectivity index (χ0n) is 10.8. The molecule has 100 valence electrons. The minimum atomic E-state index is -0.288. The molecule has 5 nitrogen and oxygen atoms in total. The molecular formula is C13H20N2O3. The number of fused-ring (bicyclic) bond motifs is 1. The van der Waals surface area contributed by atoms with Crippen LogP contribution in [0.5, 0.6) is 0 Å². The van der Waals surface area contributed by atoms with E-state index in [1.807, 2.05) is 4.90 Å². The van der Waals surface area contributed by atoms with Crippen molar-refractivity contribution in [3.8, 4) is 0 Å². The van der Waals surface area contributed by atoms with Gasteiger partial charge in [0.05, 0.1) is 7.11 Å². The third-order valence-corrected chi connectivity index (χ3v) is 4.62. The van der Waals surface area contributed by atoms with Crippen LogP contribution in [0, 0.1) is 17.8 Å². The van der Waals surface area contributed by atoms with Crippen LogP contribution in [0.3, 0.4) is 0 Å². The lowest BCUT2D eigenvalue weighted by Crippen LogP contribution is -2.51. The Hall–Kier alpha value is -1.26. The lowest BCUT2D eigenvalue weighted by molar-refractivity contribution is -0.137. The number of amides is 2. The summed E-state index contributed by atoms with van der Waals surface area (Å²) in [7, 11) is 1.39. The molecule has 3 aliphatic rings. The van der Waals surface area contributed by atoms with E-state index in [4.69, 9.17) is 0 Å². The Bertz CT molecular complexity index is 353. The Morgan fingerprint density at radius 2 is 1.50 bits per heavy atom. The first-order chi connectivity index (χ1) is 8.69. The summed E-state index contributed by atoms with van der Waals surface area (Å²) < 4.78 is 4.69. The SMILES string of the molecule is COC(=O)N1CCN(C(=O)C2CC3CC3C2)CC1. The summed E-state index contributed by atoms with van der Waals surface area (Å²) in [4.78, 5) is 27.2. The number of hydrogen-bond acceptors (Lipinski definition) is 3. The minimum absolute atomic E-state index is 0.262. The van der Waals surface area contributed by atoms with Gasteiger partial charge in [0.25, 0.3) is 0 Å². The summed E-state index contributed by atoms with van der Waals surface area (Å²) in [5, 5.41) is 0. The van der Waals surface area contributed by atoms with E-state index in [1.165, 1.54) is 13.5 Å². The standard InChI is InChI=1S/C13H20N2O3/c1-18-13(17)15-4-2-14(3-5-15)12(16)11-7-9-6-10(9)8-11/h9-11H,2-8H2,1H3. The highest BCUT2D eigenvalue weighted by molar-refractivity contribution is 5.80. The van der Waals surface area contributed by atoms with Gasteiger partial charge in [-0.3, -0.25) is 4.79 Å². The molecule has 0 aromatic heterocycles. The quantitative estimate of drug-likeness (QED) is 0.698. The molecule has 2 unspecified atom stereocenters. The van der Waals surface area contributed by atoms with Gasteiger partial charge in [-0.2, -0.15) is 0 Å². The molecule has 0 radical (unpaired) electrons. The van der Waals surface area contributed by atoms with E-state index in [0.29, 0.717) is 32.1 Å². The molecule has 3 fully saturated rings. The van der Waals surface area contributed by atoms with Crippen molar-refractivity contribution in [1.82, 2.24) is 9.80 Å². The van der Waals surface area contributed by atoms with Crippen LogP contribution in [0.2, 0.25) is 0 Å². The number of carbonyl (C=O) groups excluding carboxylic acids is 2. The van der Waals surface area contributed by atoms with Crippen LogP contribution in [0.4, 0.5) is 4.79 Å². The van der Waals surface area contributed by atoms with Crippen LogP contribution >= 0.6 is 0 Å². The zero-order chi connectivity index (χ0) is 12.7. The van der Waals surface area contributed by atoms with Gasteiger partial charge in [0, 0.05) is 32.1 Å². The van der Waals surface area contributed by atoms with E-state index >= 15 is 0 Å². The normalized spacial score (nSPS) is 34.2. The maximum Gasteiger partial charge on any atom is 0.409 e. The van der Waals surface area contributed by atoms with E-state index in [1.54, 1.807) is 4.90 Å². The second kappa shape index (κ2) is 4.44. The average molecular weight is 252 g/mol. The Morgan fingerprint density at radius 3 is 2.06 bits per heavy atom. The van der Waals surface area contributed by atoms with E-state index in [9.17, 15) is 9.59 Å². The van der Waals surface area contributed by atoms with Crippen molar-refractivity contribution in [1.29, 1.82) is 0 Å². The molecule has 0 spiro atoms. The van der Waals surface area contributed by atoms with Crippen molar-refractivity contribution in [2.75, 3.05) is 33.3 Å². The second-order valence-corrected chi connectivity index (χ2v) is 5.71. The fourth-order valence-electron chi connectivity index (χ4n) is 3.41.